The standard InChI is InChI=1S/C15H17N3O2/c16-10-3-2-8-18(9-10)14-7-6-11-12(15(19)20)4-1-5-13(11)17-14/h1,4-7,10H,2-3,8-9,16H2,(H,19,20). The molecule has 2 aromatic rings. The molecule has 104 valence electrons. The number of carbonyl (C=O) groups is 1. The van der Waals surface area contributed by atoms with Crippen LogP contribution in [-0.4, -0.2) is 35.2 Å². The molecule has 1 aliphatic rings. The fourth-order valence-electron chi connectivity index (χ4n) is 2.72. The van der Waals surface area contributed by atoms with Crippen molar-refractivity contribution in [1.29, 1.82) is 0 Å². The third kappa shape index (κ3) is 2.32. The first-order valence-electron chi connectivity index (χ1n) is 6.79. The van der Waals surface area contributed by atoms with Gasteiger partial charge in [-0.3, -0.25) is 0 Å². The van der Waals surface area contributed by atoms with E-state index in [4.69, 9.17) is 5.73 Å². The van der Waals surface area contributed by atoms with Gasteiger partial charge in [0, 0.05) is 24.5 Å². The Labute approximate surface area is 117 Å². The molecule has 0 radical (unpaired) electrons. The highest BCUT2D eigenvalue weighted by atomic mass is 16.4. The zero-order chi connectivity index (χ0) is 14.1. The average molecular weight is 271 g/mol. The third-order valence-corrected chi connectivity index (χ3v) is 3.73. The Kier molecular flexibility index (Phi) is 3.28. The van der Waals surface area contributed by atoms with E-state index in [-0.39, 0.29) is 11.6 Å². The van der Waals surface area contributed by atoms with Crippen LogP contribution in [0, 0.1) is 0 Å². The molecule has 1 aromatic heterocycles. The molecule has 1 aromatic carbocycles. The van der Waals surface area contributed by atoms with Crippen LogP contribution in [0.15, 0.2) is 30.3 Å². The van der Waals surface area contributed by atoms with Crippen molar-refractivity contribution in [3.8, 4) is 0 Å². The Morgan fingerprint density at radius 1 is 1.35 bits per heavy atom. The molecule has 1 fully saturated rings. The van der Waals surface area contributed by atoms with Gasteiger partial charge in [-0.15, -0.1) is 0 Å². The predicted molar refractivity (Wildman–Crippen MR) is 78.1 cm³/mol. The van der Waals surface area contributed by atoms with E-state index in [1.54, 1.807) is 12.1 Å². The summed E-state index contributed by atoms with van der Waals surface area (Å²) in [5.41, 5.74) is 6.99. The molecule has 3 N–H and O–H groups in total. The maximum Gasteiger partial charge on any atom is 0.336 e. The van der Waals surface area contributed by atoms with Crippen molar-refractivity contribution in [1.82, 2.24) is 4.98 Å². The summed E-state index contributed by atoms with van der Waals surface area (Å²) in [6, 6.07) is 9.07. The van der Waals surface area contributed by atoms with E-state index >= 15 is 0 Å². The van der Waals surface area contributed by atoms with Gasteiger partial charge in [0.15, 0.2) is 0 Å². The van der Waals surface area contributed by atoms with E-state index < -0.39 is 5.97 Å². The van der Waals surface area contributed by atoms with Crippen LogP contribution in [0.3, 0.4) is 0 Å². The number of carboxylic acid groups (broad SMARTS) is 1. The number of pyridine rings is 1. The summed E-state index contributed by atoms with van der Waals surface area (Å²) in [7, 11) is 0. The SMILES string of the molecule is NC1CCCN(c2ccc3c(C(=O)O)cccc3n2)C1. The fourth-order valence-corrected chi connectivity index (χ4v) is 2.72. The second-order valence-electron chi connectivity index (χ2n) is 5.20. The Balaban J connectivity index is 2.01. The van der Waals surface area contributed by atoms with Crippen molar-refractivity contribution in [2.45, 2.75) is 18.9 Å². The monoisotopic (exact) mass is 271 g/mol. The van der Waals surface area contributed by atoms with Gasteiger partial charge >= 0.3 is 5.97 Å². The van der Waals surface area contributed by atoms with Crippen molar-refractivity contribution in [3.05, 3.63) is 35.9 Å². The van der Waals surface area contributed by atoms with E-state index in [0.717, 1.165) is 31.7 Å². The fraction of sp³-hybridized carbons (Fsp3) is 0.333. The van der Waals surface area contributed by atoms with Crippen LogP contribution in [0.4, 0.5) is 5.82 Å². The Hall–Kier alpha value is -2.14. The number of aromatic nitrogens is 1. The van der Waals surface area contributed by atoms with Gasteiger partial charge in [0.2, 0.25) is 0 Å². The highest BCUT2D eigenvalue weighted by molar-refractivity contribution is 6.02. The van der Waals surface area contributed by atoms with Crippen molar-refractivity contribution in [3.63, 3.8) is 0 Å². The number of nitrogens with zero attached hydrogens (tertiary/aromatic N) is 2. The van der Waals surface area contributed by atoms with Crippen molar-refractivity contribution in [2.24, 2.45) is 5.73 Å². The van der Waals surface area contributed by atoms with Gasteiger partial charge in [-0.05, 0) is 37.1 Å². The van der Waals surface area contributed by atoms with Gasteiger partial charge in [-0.2, -0.15) is 0 Å². The second kappa shape index (κ2) is 5.09. The maximum atomic E-state index is 11.2. The summed E-state index contributed by atoms with van der Waals surface area (Å²) >= 11 is 0. The van der Waals surface area contributed by atoms with Crippen molar-refractivity contribution in [2.75, 3.05) is 18.0 Å². The number of nitrogens with two attached hydrogens (primary N) is 1. The van der Waals surface area contributed by atoms with Gasteiger partial charge in [-0.1, -0.05) is 6.07 Å². The normalized spacial score (nSPS) is 19.2. The Bertz CT molecular complexity index is 657. The van der Waals surface area contributed by atoms with Crippen LogP contribution < -0.4 is 10.6 Å². The van der Waals surface area contributed by atoms with E-state index in [1.165, 1.54) is 0 Å². The minimum absolute atomic E-state index is 0.187. The van der Waals surface area contributed by atoms with E-state index in [9.17, 15) is 9.90 Å². The molecular weight excluding hydrogens is 254 g/mol. The highest BCUT2D eigenvalue weighted by Crippen LogP contribution is 2.23. The number of hydrogen-bond acceptors (Lipinski definition) is 4. The number of hydrogen-bond donors (Lipinski definition) is 2. The molecule has 5 nitrogen and oxygen atoms in total. The van der Waals surface area contributed by atoms with Crippen LogP contribution in [0.2, 0.25) is 0 Å². The largest absolute Gasteiger partial charge is 0.478 e. The van der Waals surface area contributed by atoms with Crippen molar-refractivity contribution < 1.29 is 9.90 Å². The maximum absolute atomic E-state index is 11.2. The molecule has 0 amide bonds. The molecule has 0 bridgehead atoms. The summed E-state index contributed by atoms with van der Waals surface area (Å²) in [6.45, 7) is 1.75. The molecule has 20 heavy (non-hydrogen) atoms. The summed E-state index contributed by atoms with van der Waals surface area (Å²) in [6.07, 6.45) is 2.11. The molecule has 0 aliphatic carbocycles. The third-order valence-electron chi connectivity index (χ3n) is 3.73. The lowest BCUT2D eigenvalue weighted by atomic mass is 10.1. The molecule has 0 spiro atoms. The van der Waals surface area contributed by atoms with Gasteiger partial charge in [0.1, 0.15) is 5.82 Å². The van der Waals surface area contributed by atoms with E-state index in [2.05, 4.69) is 9.88 Å². The van der Waals surface area contributed by atoms with Crippen molar-refractivity contribution >= 4 is 22.7 Å². The summed E-state index contributed by atoms with van der Waals surface area (Å²) in [5.74, 6) is -0.0552. The molecule has 5 heteroatoms. The Morgan fingerprint density at radius 2 is 2.20 bits per heavy atom. The summed E-state index contributed by atoms with van der Waals surface area (Å²) < 4.78 is 0. The van der Waals surface area contributed by atoms with E-state index in [1.807, 2.05) is 18.2 Å². The number of aromatic carboxylic acids is 1. The second-order valence-corrected chi connectivity index (χ2v) is 5.20. The molecule has 1 atom stereocenters. The van der Waals surface area contributed by atoms with Gasteiger partial charge in [0.05, 0.1) is 11.1 Å². The zero-order valence-corrected chi connectivity index (χ0v) is 11.1. The average Bonchev–Trinajstić information content (AvgIpc) is 2.46. The topological polar surface area (TPSA) is 79.5 Å². The highest BCUT2D eigenvalue weighted by Gasteiger charge is 2.18. The lowest BCUT2D eigenvalue weighted by Crippen LogP contribution is -2.43. The first-order chi connectivity index (χ1) is 9.65. The van der Waals surface area contributed by atoms with Gasteiger partial charge < -0.3 is 15.7 Å². The quantitative estimate of drug-likeness (QED) is 0.871. The van der Waals surface area contributed by atoms with Crippen LogP contribution in [0.25, 0.3) is 10.9 Å². The summed E-state index contributed by atoms with van der Waals surface area (Å²) in [5, 5.41) is 9.85. The molecule has 1 saturated heterocycles. The molecular formula is C15H17N3O2. The van der Waals surface area contributed by atoms with Crippen LogP contribution in [0.1, 0.15) is 23.2 Å². The molecule has 3 rings (SSSR count). The first-order valence-corrected chi connectivity index (χ1v) is 6.79. The van der Waals surface area contributed by atoms with Gasteiger partial charge in [0.25, 0.3) is 0 Å². The molecule has 1 aliphatic heterocycles. The number of carboxylic acids is 1. The minimum atomic E-state index is -0.926. The smallest absolute Gasteiger partial charge is 0.336 e. The van der Waals surface area contributed by atoms with Crippen LogP contribution in [0.5, 0.6) is 0 Å². The lowest BCUT2D eigenvalue weighted by Gasteiger charge is -2.31. The van der Waals surface area contributed by atoms with E-state index in [0.29, 0.717) is 10.9 Å². The zero-order valence-electron chi connectivity index (χ0n) is 11.1. The van der Waals surface area contributed by atoms with Crippen LogP contribution >= 0.6 is 0 Å². The first kappa shape index (κ1) is 12.9. The Morgan fingerprint density at radius 3 is 2.95 bits per heavy atom. The van der Waals surface area contributed by atoms with Gasteiger partial charge in [-0.25, -0.2) is 9.78 Å². The molecule has 1 unspecified atom stereocenters. The number of benzene rings is 1. The molecule has 0 saturated carbocycles. The van der Waals surface area contributed by atoms with Crippen LogP contribution in [-0.2, 0) is 0 Å². The lowest BCUT2D eigenvalue weighted by molar-refractivity contribution is 0.0699. The number of fused-ring (bicyclic) bond motifs is 1. The predicted octanol–water partition coefficient (Wildman–Crippen LogP) is 1.86. The number of rotatable bonds is 2. The number of anilines is 1. The summed E-state index contributed by atoms with van der Waals surface area (Å²) in [4.78, 5) is 17.9. The minimum Gasteiger partial charge on any atom is -0.478 e. The molecule has 2 heterocycles. The number of piperidine rings is 1.